The van der Waals surface area contributed by atoms with Gasteiger partial charge < -0.3 is 4.90 Å². The molecule has 0 bridgehead atoms. The fraction of sp³-hybridized carbons (Fsp3) is 0.769. The van der Waals surface area contributed by atoms with Gasteiger partial charge in [0.2, 0.25) is 0 Å². The molecule has 0 heterocycles. The first-order valence-corrected chi connectivity index (χ1v) is 6.03. The second kappa shape index (κ2) is 6.06. The molecule has 0 aliphatic heterocycles. The lowest BCUT2D eigenvalue weighted by molar-refractivity contribution is -0.118. The Kier molecular flexibility index (Phi) is 5.03. The van der Waals surface area contributed by atoms with Gasteiger partial charge in [0.25, 0.3) is 0 Å². The summed E-state index contributed by atoms with van der Waals surface area (Å²) in [5.74, 6) is 0.660. The van der Waals surface area contributed by atoms with Gasteiger partial charge in [-0.3, -0.25) is 4.79 Å². The minimum atomic E-state index is 0.257. The molecule has 0 N–H and O–H groups in total. The number of carbonyl (C=O) groups excluding carboxylic acids is 1. The molecule has 2 nitrogen and oxygen atoms in total. The zero-order valence-electron chi connectivity index (χ0n) is 10.3. The summed E-state index contributed by atoms with van der Waals surface area (Å²) in [7, 11) is 4.07. The number of hydrogen-bond donors (Lipinski definition) is 0. The van der Waals surface area contributed by atoms with Crippen LogP contribution in [0.4, 0.5) is 0 Å². The predicted octanol–water partition coefficient (Wildman–Crippen LogP) is 2.64. The summed E-state index contributed by atoms with van der Waals surface area (Å²) in [6.45, 7) is 3.09. The van der Waals surface area contributed by atoms with Crippen LogP contribution in [0.5, 0.6) is 0 Å². The lowest BCUT2D eigenvalue weighted by atomic mass is 10.1. The first-order chi connectivity index (χ1) is 7.15. The quantitative estimate of drug-likeness (QED) is 0.512. The minimum Gasteiger partial charge on any atom is -0.309 e. The molecule has 0 radical (unpaired) electrons. The standard InChI is InChI=1S/C13H23NO/c1-4-5-6-7-11-8-9-12(13(11)15)10-14(2)3/h7,12H,4-6,8-10H2,1-3H3/b11-7+/t12-/m0/s1. The molecule has 0 amide bonds. The van der Waals surface area contributed by atoms with Crippen molar-refractivity contribution in [3.8, 4) is 0 Å². The Balaban J connectivity index is 2.45. The summed E-state index contributed by atoms with van der Waals surface area (Å²) in [5, 5.41) is 0. The minimum absolute atomic E-state index is 0.257. The highest BCUT2D eigenvalue weighted by Gasteiger charge is 2.28. The zero-order valence-corrected chi connectivity index (χ0v) is 10.3. The molecular formula is C13H23NO. The van der Waals surface area contributed by atoms with E-state index in [2.05, 4.69) is 17.9 Å². The Labute approximate surface area is 93.3 Å². The van der Waals surface area contributed by atoms with E-state index in [9.17, 15) is 4.79 Å². The van der Waals surface area contributed by atoms with Gasteiger partial charge in [-0.2, -0.15) is 0 Å². The van der Waals surface area contributed by atoms with E-state index in [1.807, 2.05) is 14.1 Å². The van der Waals surface area contributed by atoms with Crippen LogP contribution in [0.2, 0.25) is 0 Å². The SMILES string of the molecule is CCCC/C=C1\CC[C@@H](CN(C)C)C1=O. The van der Waals surface area contributed by atoms with Crippen molar-refractivity contribution >= 4 is 5.78 Å². The maximum absolute atomic E-state index is 11.9. The molecule has 0 aromatic rings. The number of rotatable bonds is 5. The van der Waals surface area contributed by atoms with Crippen LogP contribution in [0.15, 0.2) is 11.6 Å². The van der Waals surface area contributed by atoms with E-state index < -0.39 is 0 Å². The Morgan fingerprint density at radius 2 is 2.20 bits per heavy atom. The maximum Gasteiger partial charge on any atom is 0.162 e. The largest absolute Gasteiger partial charge is 0.309 e. The Bertz CT molecular complexity index is 243. The van der Waals surface area contributed by atoms with Crippen LogP contribution in [-0.2, 0) is 4.79 Å². The van der Waals surface area contributed by atoms with Crippen LogP contribution in [0.3, 0.4) is 0 Å². The van der Waals surface area contributed by atoms with Gasteiger partial charge in [-0.1, -0.05) is 25.8 Å². The number of hydrogen-bond acceptors (Lipinski definition) is 2. The summed E-state index contributed by atoms with van der Waals surface area (Å²) >= 11 is 0. The van der Waals surface area contributed by atoms with Gasteiger partial charge in [-0.15, -0.1) is 0 Å². The third-order valence-corrected chi connectivity index (χ3v) is 2.98. The smallest absolute Gasteiger partial charge is 0.162 e. The molecule has 0 aromatic heterocycles. The zero-order chi connectivity index (χ0) is 11.3. The average molecular weight is 209 g/mol. The molecule has 1 aliphatic carbocycles. The molecule has 0 unspecified atom stereocenters. The second-order valence-corrected chi connectivity index (χ2v) is 4.73. The molecule has 2 heteroatoms. The third kappa shape index (κ3) is 3.78. The van der Waals surface area contributed by atoms with Crippen LogP contribution in [0.25, 0.3) is 0 Å². The first kappa shape index (κ1) is 12.4. The summed E-state index contributed by atoms with van der Waals surface area (Å²) in [6, 6.07) is 0. The molecule has 86 valence electrons. The van der Waals surface area contributed by atoms with E-state index in [-0.39, 0.29) is 5.92 Å². The molecule has 0 aromatic carbocycles. The Morgan fingerprint density at radius 3 is 2.80 bits per heavy atom. The highest BCUT2D eigenvalue weighted by atomic mass is 16.1. The van der Waals surface area contributed by atoms with Crippen LogP contribution >= 0.6 is 0 Å². The molecular weight excluding hydrogens is 186 g/mol. The van der Waals surface area contributed by atoms with Crippen LogP contribution < -0.4 is 0 Å². The van der Waals surface area contributed by atoms with E-state index in [1.165, 1.54) is 12.8 Å². The van der Waals surface area contributed by atoms with Crippen molar-refractivity contribution in [1.29, 1.82) is 0 Å². The highest BCUT2D eigenvalue weighted by Crippen LogP contribution is 2.27. The topological polar surface area (TPSA) is 20.3 Å². The Morgan fingerprint density at radius 1 is 1.47 bits per heavy atom. The molecule has 1 saturated carbocycles. The van der Waals surface area contributed by atoms with E-state index in [4.69, 9.17) is 0 Å². The fourth-order valence-electron chi connectivity index (χ4n) is 2.14. The lowest BCUT2D eigenvalue weighted by Gasteiger charge is -2.13. The van der Waals surface area contributed by atoms with Gasteiger partial charge in [-0.05, 0) is 38.9 Å². The van der Waals surface area contributed by atoms with Gasteiger partial charge in [-0.25, -0.2) is 0 Å². The van der Waals surface area contributed by atoms with Crippen LogP contribution in [-0.4, -0.2) is 31.3 Å². The van der Waals surface area contributed by atoms with Gasteiger partial charge in [0.05, 0.1) is 0 Å². The van der Waals surface area contributed by atoms with Crippen molar-refractivity contribution in [2.75, 3.05) is 20.6 Å². The van der Waals surface area contributed by atoms with Gasteiger partial charge in [0, 0.05) is 12.5 Å². The number of ketones is 1. The van der Waals surface area contributed by atoms with E-state index in [0.717, 1.165) is 31.4 Å². The van der Waals surface area contributed by atoms with Crippen molar-refractivity contribution in [1.82, 2.24) is 4.90 Å². The van der Waals surface area contributed by atoms with E-state index in [0.29, 0.717) is 5.78 Å². The van der Waals surface area contributed by atoms with Crippen LogP contribution in [0, 0.1) is 5.92 Å². The number of allylic oxidation sites excluding steroid dienone is 2. The number of nitrogens with zero attached hydrogens (tertiary/aromatic N) is 1. The van der Waals surface area contributed by atoms with E-state index >= 15 is 0 Å². The summed E-state index contributed by atoms with van der Waals surface area (Å²) < 4.78 is 0. The maximum atomic E-state index is 11.9. The first-order valence-electron chi connectivity index (χ1n) is 6.03. The normalized spacial score (nSPS) is 24.4. The molecule has 0 spiro atoms. The van der Waals surface area contributed by atoms with Crippen molar-refractivity contribution in [3.05, 3.63) is 11.6 Å². The molecule has 1 fully saturated rings. The molecule has 0 saturated heterocycles. The van der Waals surface area contributed by atoms with Gasteiger partial charge in [0.15, 0.2) is 5.78 Å². The number of Topliss-reactive ketones (excluding diaryl/α,β-unsaturated/α-hetero) is 1. The molecule has 1 aliphatic rings. The van der Waals surface area contributed by atoms with E-state index in [1.54, 1.807) is 0 Å². The molecule has 15 heavy (non-hydrogen) atoms. The summed E-state index contributed by atoms with van der Waals surface area (Å²) in [6.07, 6.45) is 7.71. The highest BCUT2D eigenvalue weighted by molar-refractivity contribution is 5.99. The second-order valence-electron chi connectivity index (χ2n) is 4.73. The third-order valence-electron chi connectivity index (χ3n) is 2.98. The van der Waals surface area contributed by atoms with Gasteiger partial charge >= 0.3 is 0 Å². The molecule has 1 rings (SSSR count). The monoisotopic (exact) mass is 209 g/mol. The Hall–Kier alpha value is -0.630. The predicted molar refractivity (Wildman–Crippen MR) is 63.9 cm³/mol. The summed E-state index contributed by atoms with van der Waals surface area (Å²) in [5.41, 5.74) is 1.09. The number of carbonyl (C=O) groups is 1. The number of unbranched alkanes of at least 4 members (excludes halogenated alkanes) is 2. The lowest BCUT2D eigenvalue weighted by Crippen LogP contribution is -2.24. The average Bonchev–Trinajstić information content (AvgIpc) is 2.49. The fourth-order valence-corrected chi connectivity index (χ4v) is 2.14. The van der Waals surface area contributed by atoms with Crippen molar-refractivity contribution in [3.63, 3.8) is 0 Å². The van der Waals surface area contributed by atoms with Gasteiger partial charge in [0.1, 0.15) is 0 Å². The van der Waals surface area contributed by atoms with Crippen LogP contribution in [0.1, 0.15) is 39.0 Å². The van der Waals surface area contributed by atoms with Crippen molar-refractivity contribution in [2.24, 2.45) is 5.92 Å². The van der Waals surface area contributed by atoms with Crippen molar-refractivity contribution in [2.45, 2.75) is 39.0 Å². The summed E-state index contributed by atoms with van der Waals surface area (Å²) in [4.78, 5) is 14.0. The van der Waals surface area contributed by atoms with Crippen molar-refractivity contribution < 1.29 is 4.79 Å². The molecule has 1 atom stereocenters.